The Bertz CT molecular complexity index is 141. The molecule has 1 aliphatic rings. The largest absolute Gasteiger partial charge is 0.313 e. The number of nitrogens with one attached hydrogen (secondary N) is 1. The second-order valence-electron chi connectivity index (χ2n) is 4.47. The lowest BCUT2D eigenvalue weighted by molar-refractivity contribution is 0.459. The highest BCUT2D eigenvalue weighted by Crippen LogP contribution is 2.37. The number of rotatable bonds is 5. The molecule has 1 saturated heterocycles. The van der Waals surface area contributed by atoms with Gasteiger partial charge in [-0.2, -0.15) is 11.8 Å². The summed E-state index contributed by atoms with van der Waals surface area (Å²) in [6.45, 7) is 8.14. The number of thioether (sulfide) groups is 1. The van der Waals surface area contributed by atoms with Gasteiger partial charge in [0.1, 0.15) is 0 Å². The molecule has 1 rings (SSSR count). The Hall–Kier alpha value is 0.310. The predicted octanol–water partition coefficient (Wildman–Crippen LogP) is 3.05. The van der Waals surface area contributed by atoms with Gasteiger partial charge >= 0.3 is 0 Å². The second-order valence-corrected chi connectivity index (χ2v) is 6.16. The molecule has 0 saturated carbocycles. The third-order valence-electron chi connectivity index (χ3n) is 2.85. The van der Waals surface area contributed by atoms with Gasteiger partial charge in [-0.05, 0) is 38.9 Å². The first-order chi connectivity index (χ1) is 6.16. The minimum absolute atomic E-state index is 0.530. The summed E-state index contributed by atoms with van der Waals surface area (Å²) in [5, 5.41) is 3.65. The van der Waals surface area contributed by atoms with Gasteiger partial charge in [0.2, 0.25) is 0 Å². The fourth-order valence-electron chi connectivity index (χ4n) is 1.90. The van der Waals surface area contributed by atoms with Crippen LogP contribution in [0.2, 0.25) is 0 Å². The normalized spacial score (nSPS) is 30.7. The van der Waals surface area contributed by atoms with Crippen LogP contribution in [0.5, 0.6) is 0 Å². The van der Waals surface area contributed by atoms with E-state index >= 15 is 0 Å². The molecule has 1 fully saturated rings. The zero-order valence-electron chi connectivity index (χ0n) is 9.23. The van der Waals surface area contributed by atoms with Crippen LogP contribution in [-0.4, -0.2) is 23.1 Å². The zero-order valence-corrected chi connectivity index (χ0v) is 10.0. The van der Waals surface area contributed by atoms with E-state index in [1.165, 1.54) is 38.0 Å². The Morgan fingerprint density at radius 1 is 1.54 bits per heavy atom. The summed E-state index contributed by atoms with van der Waals surface area (Å²) in [6, 6.07) is 0.697. The van der Waals surface area contributed by atoms with Crippen molar-refractivity contribution in [3.8, 4) is 0 Å². The molecule has 1 nitrogen and oxygen atoms in total. The molecule has 78 valence electrons. The molecule has 2 heteroatoms. The Morgan fingerprint density at radius 2 is 2.31 bits per heavy atom. The third-order valence-corrected chi connectivity index (χ3v) is 4.38. The van der Waals surface area contributed by atoms with Crippen molar-refractivity contribution < 1.29 is 0 Å². The van der Waals surface area contributed by atoms with Crippen LogP contribution in [0.25, 0.3) is 0 Å². The summed E-state index contributed by atoms with van der Waals surface area (Å²) in [7, 11) is 0. The van der Waals surface area contributed by atoms with Crippen LogP contribution in [0.4, 0.5) is 0 Å². The Labute approximate surface area is 87.1 Å². The van der Waals surface area contributed by atoms with Crippen LogP contribution < -0.4 is 5.32 Å². The van der Waals surface area contributed by atoms with Crippen molar-refractivity contribution in [2.24, 2.45) is 0 Å². The van der Waals surface area contributed by atoms with Crippen molar-refractivity contribution >= 4 is 11.8 Å². The minimum Gasteiger partial charge on any atom is -0.313 e. The van der Waals surface area contributed by atoms with Gasteiger partial charge in [0.25, 0.3) is 0 Å². The van der Waals surface area contributed by atoms with Gasteiger partial charge in [0.05, 0.1) is 0 Å². The van der Waals surface area contributed by atoms with Gasteiger partial charge < -0.3 is 5.32 Å². The van der Waals surface area contributed by atoms with Crippen molar-refractivity contribution in [1.82, 2.24) is 5.32 Å². The molecule has 0 aromatic carbocycles. The van der Waals surface area contributed by atoms with E-state index < -0.39 is 0 Å². The lowest BCUT2D eigenvalue weighted by Gasteiger charge is -2.25. The van der Waals surface area contributed by atoms with Crippen LogP contribution in [0.15, 0.2) is 0 Å². The van der Waals surface area contributed by atoms with E-state index in [1.807, 2.05) is 0 Å². The van der Waals surface area contributed by atoms with Crippen LogP contribution in [0, 0.1) is 0 Å². The minimum atomic E-state index is 0.530. The Kier molecular flexibility index (Phi) is 4.60. The quantitative estimate of drug-likeness (QED) is 0.734. The Balaban J connectivity index is 2.17. The smallest absolute Gasteiger partial charge is 0.0256 e. The molecule has 1 heterocycles. The SMILES string of the molecule is CCCC(C)NCC1(C)CCCS1. The highest BCUT2D eigenvalue weighted by Gasteiger charge is 2.29. The maximum Gasteiger partial charge on any atom is 0.0256 e. The molecular weight excluding hydrogens is 178 g/mol. The summed E-state index contributed by atoms with van der Waals surface area (Å²) in [5.74, 6) is 1.36. The second kappa shape index (κ2) is 5.26. The van der Waals surface area contributed by atoms with Crippen molar-refractivity contribution in [1.29, 1.82) is 0 Å². The number of hydrogen-bond donors (Lipinski definition) is 1. The van der Waals surface area contributed by atoms with E-state index in [4.69, 9.17) is 0 Å². The molecule has 2 unspecified atom stereocenters. The average Bonchev–Trinajstić information content (AvgIpc) is 2.51. The van der Waals surface area contributed by atoms with Crippen LogP contribution >= 0.6 is 11.8 Å². The van der Waals surface area contributed by atoms with E-state index in [0.29, 0.717) is 10.8 Å². The molecule has 0 aliphatic carbocycles. The lowest BCUT2D eigenvalue weighted by Crippen LogP contribution is -2.37. The van der Waals surface area contributed by atoms with E-state index in [-0.39, 0.29) is 0 Å². The van der Waals surface area contributed by atoms with E-state index in [0.717, 1.165) is 0 Å². The van der Waals surface area contributed by atoms with Crippen LogP contribution in [0.3, 0.4) is 0 Å². The lowest BCUT2D eigenvalue weighted by atomic mass is 10.0. The summed E-state index contributed by atoms with van der Waals surface area (Å²) in [5.41, 5.74) is 0. The average molecular weight is 201 g/mol. The predicted molar refractivity (Wildman–Crippen MR) is 62.5 cm³/mol. The fraction of sp³-hybridized carbons (Fsp3) is 1.00. The van der Waals surface area contributed by atoms with E-state index in [2.05, 4.69) is 37.8 Å². The van der Waals surface area contributed by atoms with Gasteiger partial charge in [0.15, 0.2) is 0 Å². The van der Waals surface area contributed by atoms with Crippen molar-refractivity contribution in [3.05, 3.63) is 0 Å². The molecule has 0 bridgehead atoms. The van der Waals surface area contributed by atoms with Crippen LogP contribution in [-0.2, 0) is 0 Å². The first kappa shape index (κ1) is 11.4. The van der Waals surface area contributed by atoms with Crippen molar-refractivity contribution in [2.75, 3.05) is 12.3 Å². The Morgan fingerprint density at radius 3 is 2.85 bits per heavy atom. The van der Waals surface area contributed by atoms with Crippen LogP contribution in [0.1, 0.15) is 46.5 Å². The highest BCUT2D eigenvalue weighted by molar-refractivity contribution is 8.00. The molecule has 2 atom stereocenters. The third kappa shape index (κ3) is 3.90. The van der Waals surface area contributed by atoms with Crippen molar-refractivity contribution in [2.45, 2.75) is 57.2 Å². The van der Waals surface area contributed by atoms with E-state index in [1.54, 1.807) is 0 Å². The molecule has 1 aliphatic heterocycles. The fourth-order valence-corrected chi connectivity index (χ4v) is 3.16. The molecule has 0 aromatic heterocycles. The topological polar surface area (TPSA) is 12.0 Å². The van der Waals surface area contributed by atoms with Crippen molar-refractivity contribution in [3.63, 3.8) is 0 Å². The van der Waals surface area contributed by atoms with Gasteiger partial charge in [-0.25, -0.2) is 0 Å². The van der Waals surface area contributed by atoms with Gasteiger partial charge in [-0.1, -0.05) is 13.3 Å². The number of hydrogen-bond acceptors (Lipinski definition) is 2. The molecule has 1 N–H and O–H groups in total. The maximum atomic E-state index is 3.65. The summed E-state index contributed by atoms with van der Waals surface area (Å²) < 4.78 is 0.530. The monoisotopic (exact) mass is 201 g/mol. The summed E-state index contributed by atoms with van der Waals surface area (Å²) in [6.07, 6.45) is 5.40. The summed E-state index contributed by atoms with van der Waals surface area (Å²) in [4.78, 5) is 0. The van der Waals surface area contributed by atoms with E-state index in [9.17, 15) is 0 Å². The standard InChI is InChI=1S/C11H23NS/c1-4-6-10(2)12-9-11(3)7-5-8-13-11/h10,12H,4-9H2,1-3H3. The molecule has 0 spiro atoms. The highest BCUT2D eigenvalue weighted by atomic mass is 32.2. The first-order valence-corrected chi connectivity index (χ1v) is 6.52. The summed E-state index contributed by atoms with van der Waals surface area (Å²) >= 11 is 2.14. The molecule has 0 radical (unpaired) electrons. The zero-order chi connectivity index (χ0) is 9.73. The molecular formula is C11H23NS. The van der Waals surface area contributed by atoms with Gasteiger partial charge in [-0.3, -0.25) is 0 Å². The maximum absolute atomic E-state index is 3.65. The van der Waals surface area contributed by atoms with Gasteiger partial charge in [-0.15, -0.1) is 0 Å². The molecule has 13 heavy (non-hydrogen) atoms. The first-order valence-electron chi connectivity index (χ1n) is 5.53. The van der Waals surface area contributed by atoms with Gasteiger partial charge in [0, 0.05) is 17.3 Å². The molecule has 0 amide bonds. The molecule has 0 aromatic rings.